The van der Waals surface area contributed by atoms with Gasteiger partial charge in [-0.3, -0.25) is 9.59 Å². The lowest BCUT2D eigenvalue weighted by Crippen LogP contribution is -2.23. The van der Waals surface area contributed by atoms with Gasteiger partial charge in [0, 0.05) is 11.4 Å². The van der Waals surface area contributed by atoms with Crippen LogP contribution in [0.2, 0.25) is 5.02 Å². The second-order valence-corrected chi connectivity index (χ2v) is 3.95. The molecule has 4 heteroatoms. The van der Waals surface area contributed by atoms with Crippen LogP contribution < -0.4 is 0 Å². The summed E-state index contributed by atoms with van der Waals surface area (Å²) in [6.45, 7) is 1.54. The van der Waals surface area contributed by atoms with Gasteiger partial charge >= 0.3 is 5.97 Å². The zero-order valence-electron chi connectivity index (χ0n) is 9.20. The van der Waals surface area contributed by atoms with Crippen LogP contribution >= 0.6 is 11.6 Å². The van der Waals surface area contributed by atoms with Gasteiger partial charge in [0.1, 0.15) is 5.92 Å². The summed E-state index contributed by atoms with van der Waals surface area (Å²) in [6.07, 6.45) is 0.191. The molecular weight excluding hydrogens is 228 g/mol. The molecule has 0 amide bonds. The maximum Gasteiger partial charge on any atom is 0.315 e. The zero-order chi connectivity index (χ0) is 12.1. The second-order valence-electron chi connectivity index (χ2n) is 3.52. The van der Waals surface area contributed by atoms with Gasteiger partial charge < -0.3 is 4.74 Å². The quantitative estimate of drug-likeness (QED) is 0.599. The Kier molecular flexibility index (Phi) is 4.50. The zero-order valence-corrected chi connectivity index (χ0v) is 9.95. The Morgan fingerprint density at radius 1 is 1.44 bits per heavy atom. The van der Waals surface area contributed by atoms with Gasteiger partial charge in [-0.2, -0.15) is 0 Å². The minimum Gasteiger partial charge on any atom is -0.468 e. The van der Waals surface area contributed by atoms with E-state index in [1.54, 1.807) is 31.2 Å². The molecule has 1 rings (SSSR count). The number of carbonyl (C=O) groups is 2. The lowest BCUT2D eigenvalue weighted by molar-refractivity contribution is -0.148. The van der Waals surface area contributed by atoms with Crippen LogP contribution in [0.25, 0.3) is 0 Å². The highest BCUT2D eigenvalue weighted by atomic mass is 35.5. The largest absolute Gasteiger partial charge is 0.468 e. The van der Waals surface area contributed by atoms with Crippen LogP contribution in [0.5, 0.6) is 0 Å². The molecule has 86 valence electrons. The maximum atomic E-state index is 11.7. The Labute approximate surface area is 99.4 Å². The first kappa shape index (κ1) is 12.7. The first-order chi connectivity index (χ1) is 7.54. The molecule has 0 saturated carbocycles. The van der Waals surface area contributed by atoms with Crippen molar-refractivity contribution in [2.24, 2.45) is 5.92 Å². The summed E-state index contributed by atoms with van der Waals surface area (Å²) in [4.78, 5) is 22.8. The number of hydrogen-bond donors (Lipinski definition) is 0. The van der Waals surface area contributed by atoms with Crippen molar-refractivity contribution in [1.29, 1.82) is 0 Å². The van der Waals surface area contributed by atoms with Crippen LogP contribution in [0, 0.1) is 5.92 Å². The van der Waals surface area contributed by atoms with Gasteiger partial charge in [-0.05, 0) is 24.6 Å². The lowest BCUT2D eigenvalue weighted by atomic mass is 10.00. The average molecular weight is 241 g/mol. The minimum atomic E-state index is -0.732. The number of rotatable bonds is 4. The molecule has 1 unspecified atom stereocenters. The van der Waals surface area contributed by atoms with E-state index >= 15 is 0 Å². The van der Waals surface area contributed by atoms with Crippen molar-refractivity contribution >= 4 is 23.4 Å². The minimum absolute atomic E-state index is 0.172. The molecule has 1 aromatic rings. The predicted octanol–water partition coefficient (Wildman–Crippen LogP) is 2.26. The van der Waals surface area contributed by atoms with E-state index in [2.05, 4.69) is 4.74 Å². The molecule has 0 saturated heterocycles. The van der Waals surface area contributed by atoms with Crippen molar-refractivity contribution in [3.8, 4) is 0 Å². The van der Waals surface area contributed by atoms with Crippen LogP contribution in [0.15, 0.2) is 24.3 Å². The van der Waals surface area contributed by atoms with Gasteiger partial charge in [0.15, 0.2) is 5.78 Å². The topological polar surface area (TPSA) is 43.4 Å². The Bertz CT molecular complexity index is 401. The van der Waals surface area contributed by atoms with E-state index in [-0.39, 0.29) is 12.2 Å². The molecule has 0 aromatic heterocycles. The van der Waals surface area contributed by atoms with Gasteiger partial charge in [0.2, 0.25) is 0 Å². The van der Waals surface area contributed by atoms with Gasteiger partial charge in [0.25, 0.3) is 0 Å². The van der Waals surface area contributed by atoms with Gasteiger partial charge in [-0.15, -0.1) is 0 Å². The Hall–Kier alpha value is -1.35. The van der Waals surface area contributed by atoms with Crippen molar-refractivity contribution in [3.63, 3.8) is 0 Å². The summed E-state index contributed by atoms with van der Waals surface area (Å²) in [6, 6.07) is 7.02. The number of halogens is 1. The number of hydrogen-bond acceptors (Lipinski definition) is 3. The fourth-order valence-electron chi connectivity index (χ4n) is 1.31. The number of esters is 1. The molecule has 0 aliphatic carbocycles. The predicted molar refractivity (Wildman–Crippen MR) is 61.3 cm³/mol. The molecule has 1 aromatic carbocycles. The van der Waals surface area contributed by atoms with E-state index in [4.69, 9.17) is 11.6 Å². The molecule has 3 nitrogen and oxygen atoms in total. The van der Waals surface area contributed by atoms with E-state index in [0.29, 0.717) is 5.02 Å². The summed E-state index contributed by atoms with van der Waals surface area (Å²) < 4.78 is 4.51. The Morgan fingerprint density at radius 3 is 2.69 bits per heavy atom. The first-order valence-corrected chi connectivity index (χ1v) is 5.27. The lowest BCUT2D eigenvalue weighted by Gasteiger charge is -2.08. The van der Waals surface area contributed by atoms with Crippen molar-refractivity contribution in [3.05, 3.63) is 34.9 Å². The summed E-state index contributed by atoms with van der Waals surface area (Å²) in [5.41, 5.74) is 0.799. The number of ketones is 1. The van der Waals surface area contributed by atoms with Crippen molar-refractivity contribution in [2.45, 2.75) is 13.3 Å². The second kappa shape index (κ2) is 5.66. The molecule has 0 bridgehead atoms. The number of methoxy groups -OCH3 is 1. The van der Waals surface area contributed by atoms with Crippen LogP contribution in [-0.2, 0) is 20.7 Å². The van der Waals surface area contributed by atoms with Crippen molar-refractivity contribution in [1.82, 2.24) is 0 Å². The SMILES string of the molecule is COC(=O)C(C)C(=O)Cc1cccc(Cl)c1. The van der Waals surface area contributed by atoms with E-state index in [9.17, 15) is 9.59 Å². The fraction of sp³-hybridized carbons (Fsp3) is 0.333. The standard InChI is InChI=1S/C12H13ClO3/c1-8(12(15)16-2)11(14)7-9-4-3-5-10(13)6-9/h3-6,8H,7H2,1-2H3. The maximum absolute atomic E-state index is 11.7. The number of carbonyl (C=O) groups excluding carboxylic acids is 2. The van der Waals surface area contributed by atoms with Gasteiger partial charge in [-0.1, -0.05) is 23.7 Å². The molecule has 0 spiro atoms. The van der Waals surface area contributed by atoms with Crippen molar-refractivity contribution < 1.29 is 14.3 Å². The highest BCUT2D eigenvalue weighted by molar-refractivity contribution is 6.30. The van der Waals surface area contributed by atoms with Gasteiger partial charge in [-0.25, -0.2) is 0 Å². The van der Waals surface area contributed by atoms with Gasteiger partial charge in [0.05, 0.1) is 7.11 Å². The molecule has 0 heterocycles. The van der Waals surface area contributed by atoms with E-state index in [0.717, 1.165) is 5.56 Å². The number of ether oxygens (including phenoxy) is 1. The molecule has 0 fully saturated rings. The number of benzene rings is 1. The smallest absolute Gasteiger partial charge is 0.315 e. The fourth-order valence-corrected chi connectivity index (χ4v) is 1.52. The summed E-state index contributed by atoms with van der Waals surface area (Å²) >= 11 is 5.79. The molecule has 0 aliphatic heterocycles. The third kappa shape index (κ3) is 3.35. The Morgan fingerprint density at radius 2 is 2.12 bits per heavy atom. The summed E-state index contributed by atoms with van der Waals surface area (Å²) in [5, 5.41) is 0.580. The summed E-state index contributed by atoms with van der Waals surface area (Å²) in [5.74, 6) is -1.41. The molecule has 1 atom stereocenters. The monoisotopic (exact) mass is 240 g/mol. The van der Waals surface area contributed by atoms with Crippen LogP contribution in [0.3, 0.4) is 0 Å². The Balaban J connectivity index is 2.68. The molecular formula is C12H13ClO3. The molecule has 16 heavy (non-hydrogen) atoms. The van der Waals surface area contributed by atoms with E-state index < -0.39 is 11.9 Å². The van der Waals surface area contributed by atoms with Crippen LogP contribution in [0.4, 0.5) is 0 Å². The highest BCUT2D eigenvalue weighted by Crippen LogP contribution is 2.13. The normalized spacial score (nSPS) is 11.9. The highest BCUT2D eigenvalue weighted by Gasteiger charge is 2.21. The summed E-state index contributed by atoms with van der Waals surface area (Å²) in [7, 11) is 1.27. The number of Topliss-reactive ketones (excluding diaryl/α,β-unsaturated/α-hetero) is 1. The third-order valence-corrected chi connectivity index (χ3v) is 2.54. The average Bonchev–Trinajstić information content (AvgIpc) is 2.27. The van der Waals surface area contributed by atoms with Crippen LogP contribution in [-0.4, -0.2) is 18.9 Å². The van der Waals surface area contributed by atoms with Crippen molar-refractivity contribution in [2.75, 3.05) is 7.11 Å². The van der Waals surface area contributed by atoms with E-state index in [1.165, 1.54) is 7.11 Å². The van der Waals surface area contributed by atoms with Crippen LogP contribution in [0.1, 0.15) is 12.5 Å². The molecule has 0 aliphatic rings. The third-order valence-electron chi connectivity index (χ3n) is 2.31. The van der Waals surface area contributed by atoms with E-state index in [1.807, 2.05) is 0 Å². The molecule has 0 N–H and O–H groups in total. The molecule has 0 radical (unpaired) electrons. The first-order valence-electron chi connectivity index (χ1n) is 4.89.